The van der Waals surface area contributed by atoms with Crippen LogP contribution < -0.4 is 5.32 Å². The van der Waals surface area contributed by atoms with Crippen LogP contribution in [0.2, 0.25) is 0 Å². The molecule has 0 aliphatic rings. The van der Waals surface area contributed by atoms with E-state index in [1.54, 1.807) is 18.3 Å². The van der Waals surface area contributed by atoms with Crippen molar-refractivity contribution in [1.29, 1.82) is 0 Å². The van der Waals surface area contributed by atoms with Gasteiger partial charge < -0.3 is 10.4 Å². The Morgan fingerprint density at radius 1 is 1.00 bits per heavy atom. The van der Waals surface area contributed by atoms with Gasteiger partial charge in [-0.3, -0.25) is 4.40 Å². The molecular formula is C19H16N4O. The van der Waals surface area contributed by atoms with Crippen molar-refractivity contribution in [3.05, 3.63) is 72.6 Å². The molecule has 0 bridgehead atoms. The van der Waals surface area contributed by atoms with Crippen molar-refractivity contribution in [2.24, 2.45) is 0 Å². The number of benzene rings is 2. The van der Waals surface area contributed by atoms with Gasteiger partial charge in [-0.15, -0.1) is 0 Å². The zero-order chi connectivity index (χ0) is 16.5. The average molecular weight is 316 g/mol. The van der Waals surface area contributed by atoms with E-state index in [0.717, 1.165) is 22.8 Å². The van der Waals surface area contributed by atoms with Gasteiger partial charge in [-0.1, -0.05) is 17.7 Å². The number of nitrogens with zero attached hydrogens (tertiary/aromatic N) is 3. The van der Waals surface area contributed by atoms with Crippen LogP contribution in [-0.4, -0.2) is 19.5 Å². The summed E-state index contributed by atoms with van der Waals surface area (Å²) in [6.07, 6.45) is 3.65. The SMILES string of the molecule is Cc1ccc(Nc2c(-c3ccc(O)cc3)nc3ncccn23)cc1. The fraction of sp³-hybridized carbons (Fsp3) is 0.0526. The van der Waals surface area contributed by atoms with E-state index in [1.807, 2.05) is 40.9 Å². The molecule has 0 atom stereocenters. The number of phenolic OH excluding ortho intramolecular Hbond substituents is 1. The zero-order valence-electron chi connectivity index (χ0n) is 13.1. The number of fused-ring (bicyclic) bond motifs is 1. The molecule has 2 aromatic heterocycles. The molecule has 0 aliphatic heterocycles. The van der Waals surface area contributed by atoms with Crippen molar-refractivity contribution in [3.63, 3.8) is 0 Å². The van der Waals surface area contributed by atoms with Crippen LogP contribution in [0.3, 0.4) is 0 Å². The van der Waals surface area contributed by atoms with Crippen LogP contribution in [0.25, 0.3) is 17.0 Å². The summed E-state index contributed by atoms with van der Waals surface area (Å²) < 4.78 is 1.92. The molecule has 5 nitrogen and oxygen atoms in total. The van der Waals surface area contributed by atoms with Crippen LogP contribution in [0.1, 0.15) is 5.56 Å². The third-order valence-corrected chi connectivity index (χ3v) is 3.86. The summed E-state index contributed by atoms with van der Waals surface area (Å²) in [5.74, 6) is 1.69. The molecule has 24 heavy (non-hydrogen) atoms. The van der Waals surface area contributed by atoms with Crippen molar-refractivity contribution in [2.75, 3.05) is 5.32 Å². The fourth-order valence-electron chi connectivity index (χ4n) is 2.60. The molecule has 0 radical (unpaired) electrons. The molecular weight excluding hydrogens is 300 g/mol. The van der Waals surface area contributed by atoms with E-state index in [0.29, 0.717) is 5.78 Å². The Morgan fingerprint density at radius 3 is 2.50 bits per heavy atom. The molecule has 4 aromatic rings. The van der Waals surface area contributed by atoms with E-state index >= 15 is 0 Å². The van der Waals surface area contributed by atoms with Gasteiger partial charge in [-0.2, -0.15) is 0 Å². The van der Waals surface area contributed by atoms with Crippen LogP contribution >= 0.6 is 0 Å². The summed E-state index contributed by atoms with van der Waals surface area (Å²) in [6.45, 7) is 2.06. The lowest BCUT2D eigenvalue weighted by Gasteiger charge is -2.09. The maximum absolute atomic E-state index is 9.52. The quantitative estimate of drug-likeness (QED) is 0.596. The minimum atomic E-state index is 0.230. The van der Waals surface area contributed by atoms with Gasteiger partial charge in [-0.05, 0) is 49.4 Å². The number of aromatic hydroxyl groups is 1. The van der Waals surface area contributed by atoms with Gasteiger partial charge >= 0.3 is 0 Å². The first kappa shape index (κ1) is 14.3. The van der Waals surface area contributed by atoms with E-state index in [2.05, 4.69) is 34.3 Å². The summed E-state index contributed by atoms with van der Waals surface area (Å²) >= 11 is 0. The van der Waals surface area contributed by atoms with Crippen molar-refractivity contribution in [3.8, 4) is 17.0 Å². The number of imidazole rings is 1. The number of aryl methyl sites for hydroxylation is 1. The Hall–Kier alpha value is -3.34. The normalized spacial score (nSPS) is 10.9. The molecule has 0 fully saturated rings. The van der Waals surface area contributed by atoms with Gasteiger partial charge in [0.1, 0.15) is 17.3 Å². The van der Waals surface area contributed by atoms with Crippen LogP contribution in [0, 0.1) is 6.92 Å². The summed E-state index contributed by atoms with van der Waals surface area (Å²) in [7, 11) is 0. The Balaban J connectivity index is 1.86. The molecule has 0 amide bonds. The second-order valence-corrected chi connectivity index (χ2v) is 5.64. The largest absolute Gasteiger partial charge is 0.508 e. The van der Waals surface area contributed by atoms with Gasteiger partial charge in [0.05, 0.1) is 0 Å². The number of hydrogen-bond donors (Lipinski definition) is 2. The Kier molecular flexibility index (Phi) is 3.39. The maximum Gasteiger partial charge on any atom is 0.235 e. The number of phenols is 1. The second kappa shape index (κ2) is 5.70. The number of aromatic nitrogens is 3. The van der Waals surface area contributed by atoms with Crippen LogP contribution in [0.5, 0.6) is 5.75 Å². The zero-order valence-corrected chi connectivity index (χ0v) is 13.1. The van der Waals surface area contributed by atoms with Crippen molar-refractivity contribution >= 4 is 17.3 Å². The Labute approximate surface area is 139 Å². The predicted octanol–water partition coefficient (Wildman–Crippen LogP) is 4.15. The summed E-state index contributed by atoms with van der Waals surface area (Å²) in [5, 5.41) is 13.0. The Morgan fingerprint density at radius 2 is 1.75 bits per heavy atom. The molecule has 0 spiro atoms. The smallest absolute Gasteiger partial charge is 0.235 e. The lowest BCUT2D eigenvalue weighted by atomic mass is 10.1. The lowest BCUT2D eigenvalue weighted by Crippen LogP contribution is -1.97. The summed E-state index contributed by atoms with van der Waals surface area (Å²) in [6, 6.07) is 17.1. The van der Waals surface area contributed by atoms with Crippen LogP contribution in [0.4, 0.5) is 11.5 Å². The first-order valence-electron chi connectivity index (χ1n) is 7.67. The van der Waals surface area contributed by atoms with E-state index in [1.165, 1.54) is 5.56 Å². The molecule has 0 saturated carbocycles. The average Bonchev–Trinajstić information content (AvgIpc) is 2.96. The highest BCUT2D eigenvalue weighted by Gasteiger charge is 2.15. The lowest BCUT2D eigenvalue weighted by molar-refractivity contribution is 0.475. The van der Waals surface area contributed by atoms with E-state index in [4.69, 9.17) is 0 Å². The number of hydrogen-bond acceptors (Lipinski definition) is 4. The molecule has 0 saturated heterocycles. The standard InChI is InChI=1S/C19H16N4O/c1-13-3-7-15(8-4-13)21-18-17(14-5-9-16(24)10-6-14)22-19-20-11-2-12-23(18)19/h2-12,21,24H,1H3. The van der Waals surface area contributed by atoms with Gasteiger partial charge in [0.25, 0.3) is 0 Å². The summed E-state index contributed by atoms with van der Waals surface area (Å²) in [4.78, 5) is 8.96. The molecule has 2 aromatic carbocycles. The maximum atomic E-state index is 9.52. The highest BCUT2D eigenvalue weighted by molar-refractivity contribution is 5.79. The highest BCUT2D eigenvalue weighted by atomic mass is 16.3. The van der Waals surface area contributed by atoms with E-state index in [-0.39, 0.29) is 5.75 Å². The van der Waals surface area contributed by atoms with Crippen molar-refractivity contribution < 1.29 is 5.11 Å². The fourth-order valence-corrected chi connectivity index (χ4v) is 2.60. The first-order chi connectivity index (χ1) is 11.7. The molecule has 118 valence electrons. The topological polar surface area (TPSA) is 62.5 Å². The van der Waals surface area contributed by atoms with Crippen molar-refractivity contribution in [2.45, 2.75) is 6.92 Å². The second-order valence-electron chi connectivity index (χ2n) is 5.64. The van der Waals surface area contributed by atoms with E-state index in [9.17, 15) is 5.11 Å². The molecule has 5 heteroatoms. The van der Waals surface area contributed by atoms with Crippen molar-refractivity contribution in [1.82, 2.24) is 14.4 Å². The number of rotatable bonds is 3. The third-order valence-electron chi connectivity index (χ3n) is 3.86. The number of nitrogens with one attached hydrogen (secondary N) is 1. The van der Waals surface area contributed by atoms with Gasteiger partial charge in [-0.25, -0.2) is 9.97 Å². The van der Waals surface area contributed by atoms with Gasteiger partial charge in [0.15, 0.2) is 0 Å². The predicted molar refractivity (Wildman–Crippen MR) is 94.5 cm³/mol. The van der Waals surface area contributed by atoms with Gasteiger partial charge in [0, 0.05) is 23.6 Å². The molecule has 2 N–H and O–H groups in total. The monoisotopic (exact) mass is 316 g/mol. The third kappa shape index (κ3) is 2.56. The minimum absolute atomic E-state index is 0.230. The molecule has 4 rings (SSSR count). The molecule has 2 heterocycles. The van der Waals surface area contributed by atoms with E-state index < -0.39 is 0 Å². The van der Waals surface area contributed by atoms with Crippen LogP contribution in [-0.2, 0) is 0 Å². The highest BCUT2D eigenvalue weighted by Crippen LogP contribution is 2.31. The van der Waals surface area contributed by atoms with Gasteiger partial charge in [0.2, 0.25) is 5.78 Å². The summed E-state index contributed by atoms with van der Waals surface area (Å²) in [5.41, 5.74) is 3.88. The first-order valence-corrected chi connectivity index (χ1v) is 7.67. The van der Waals surface area contributed by atoms with Crippen LogP contribution in [0.15, 0.2) is 67.0 Å². The Bertz CT molecular complexity index is 988. The molecule has 0 aliphatic carbocycles. The minimum Gasteiger partial charge on any atom is -0.508 e. The molecule has 0 unspecified atom stereocenters. The number of anilines is 2.